The zero-order chi connectivity index (χ0) is 14.1. The van der Waals surface area contributed by atoms with Crippen molar-refractivity contribution in [3.8, 4) is 17.1 Å². The molecular weight excluding hydrogens is 262 g/mol. The number of fused-ring (bicyclic) bond motifs is 1. The molecule has 5 heteroatoms. The van der Waals surface area contributed by atoms with Crippen molar-refractivity contribution in [1.29, 1.82) is 0 Å². The molecular formula is C16H11N5. The third-order valence-corrected chi connectivity index (χ3v) is 3.26. The Labute approximate surface area is 120 Å². The minimum absolute atomic E-state index is 0.656. The summed E-state index contributed by atoms with van der Waals surface area (Å²) < 4.78 is 1.73. The zero-order valence-electron chi connectivity index (χ0n) is 11.1. The summed E-state index contributed by atoms with van der Waals surface area (Å²) in [5.41, 5.74) is 2.72. The van der Waals surface area contributed by atoms with E-state index in [-0.39, 0.29) is 0 Å². The Balaban J connectivity index is 2.02. The summed E-state index contributed by atoms with van der Waals surface area (Å²) in [6.45, 7) is 0. The molecule has 3 heterocycles. The second-order valence-corrected chi connectivity index (χ2v) is 4.56. The van der Waals surface area contributed by atoms with Crippen LogP contribution in [0, 0.1) is 0 Å². The highest BCUT2D eigenvalue weighted by Crippen LogP contribution is 2.27. The van der Waals surface area contributed by atoms with Crippen LogP contribution in [0.4, 0.5) is 0 Å². The van der Waals surface area contributed by atoms with Crippen LogP contribution in [-0.4, -0.2) is 24.7 Å². The van der Waals surface area contributed by atoms with Crippen LogP contribution in [0.1, 0.15) is 0 Å². The highest BCUT2D eigenvalue weighted by Gasteiger charge is 2.14. The van der Waals surface area contributed by atoms with E-state index in [4.69, 9.17) is 0 Å². The van der Waals surface area contributed by atoms with Crippen molar-refractivity contribution in [2.24, 2.45) is 0 Å². The van der Waals surface area contributed by atoms with Crippen molar-refractivity contribution in [3.05, 3.63) is 67.3 Å². The van der Waals surface area contributed by atoms with E-state index in [0.717, 1.165) is 22.3 Å². The molecule has 21 heavy (non-hydrogen) atoms. The molecule has 0 amide bonds. The third kappa shape index (κ3) is 1.95. The lowest BCUT2D eigenvalue weighted by Crippen LogP contribution is -2.00. The van der Waals surface area contributed by atoms with E-state index >= 15 is 0 Å². The van der Waals surface area contributed by atoms with Crippen LogP contribution >= 0.6 is 0 Å². The number of aromatic nitrogens is 5. The van der Waals surface area contributed by atoms with Crippen molar-refractivity contribution in [3.63, 3.8) is 0 Å². The first-order valence-electron chi connectivity index (χ1n) is 6.59. The quantitative estimate of drug-likeness (QED) is 0.563. The Morgan fingerprint density at radius 2 is 1.71 bits per heavy atom. The normalized spacial score (nSPS) is 10.9. The van der Waals surface area contributed by atoms with Gasteiger partial charge < -0.3 is 0 Å². The number of hydrogen-bond acceptors (Lipinski definition) is 4. The second kappa shape index (κ2) is 4.79. The van der Waals surface area contributed by atoms with Gasteiger partial charge in [-0.3, -0.25) is 4.98 Å². The van der Waals surface area contributed by atoms with E-state index in [2.05, 4.69) is 20.1 Å². The van der Waals surface area contributed by atoms with Gasteiger partial charge in [0.25, 0.3) is 0 Å². The number of nitrogens with zero attached hydrogens (tertiary/aromatic N) is 5. The van der Waals surface area contributed by atoms with Gasteiger partial charge in [0.1, 0.15) is 5.69 Å². The van der Waals surface area contributed by atoms with Crippen LogP contribution in [0.2, 0.25) is 0 Å². The highest BCUT2D eigenvalue weighted by molar-refractivity contribution is 5.91. The van der Waals surface area contributed by atoms with E-state index in [9.17, 15) is 0 Å². The average molecular weight is 273 g/mol. The van der Waals surface area contributed by atoms with Gasteiger partial charge in [-0.05, 0) is 12.1 Å². The Morgan fingerprint density at radius 1 is 0.810 bits per heavy atom. The van der Waals surface area contributed by atoms with Gasteiger partial charge in [0.05, 0.1) is 6.20 Å². The molecule has 0 aliphatic carbocycles. The molecule has 0 fully saturated rings. The first-order valence-corrected chi connectivity index (χ1v) is 6.59. The molecule has 1 aromatic carbocycles. The van der Waals surface area contributed by atoms with Crippen molar-refractivity contribution >= 4 is 11.0 Å². The standard InChI is InChI=1S/C16H11N5/c1-2-5-12(6-3-1)15-13-7-4-8-19-16(13)21(20-15)14-11-17-9-10-18-14/h1-11H. The fraction of sp³-hybridized carbons (Fsp3) is 0. The maximum absolute atomic E-state index is 4.68. The van der Waals surface area contributed by atoms with Gasteiger partial charge in [-0.1, -0.05) is 30.3 Å². The number of rotatable bonds is 2. The number of hydrogen-bond donors (Lipinski definition) is 0. The number of pyridine rings is 1. The predicted octanol–water partition coefficient (Wildman–Crippen LogP) is 2.88. The summed E-state index contributed by atoms with van der Waals surface area (Å²) in [7, 11) is 0. The first-order chi connectivity index (χ1) is 10.4. The first kappa shape index (κ1) is 11.7. The molecule has 0 saturated heterocycles. The van der Waals surface area contributed by atoms with Crippen molar-refractivity contribution in [1.82, 2.24) is 24.7 Å². The van der Waals surface area contributed by atoms with Crippen molar-refractivity contribution in [2.75, 3.05) is 0 Å². The summed E-state index contributed by atoms with van der Waals surface area (Å²) in [4.78, 5) is 12.8. The summed E-state index contributed by atoms with van der Waals surface area (Å²) >= 11 is 0. The summed E-state index contributed by atoms with van der Waals surface area (Å²) in [5.74, 6) is 0.656. The molecule has 4 rings (SSSR count). The smallest absolute Gasteiger partial charge is 0.174 e. The molecule has 0 aliphatic rings. The maximum atomic E-state index is 4.68. The average Bonchev–Trinajstić information content (AvgIpc) is 2.96. The van der Waals surface area contributed by atoms with Gasteiger partial charge in [0, 0.05) is 29.5 Å². The van der Waals surface area contributed by atoms with Gasteiger partial charge in [0.2, 0.25) is 0 Å². The molecule has 0 N–H and O–H groups in total. The van der Waals surface area contributed by atoms with Crippen LogP contribution in [0.15, 0.2) is 67.3 Å². The third-order valence-electron chi connectivity index (χ3n) is 3.26. The van der Waals surface area contributed by atoms with E-state index < -0.39 is 0 Å². The van der Waals surface area contributed by atoms with Gasteiger partial charge in [-0.15, -0.1) is 0 Å². The van der Waals surface area contributed by atoms with Gasteiger partial charge in [-0.25, -0.2) is 9.97 Å². The van der Waals surface area contributed by atoms with E-state index in [0.29, 0.717) is 5.82 Å². The molecule has 0 unspecified atom stereocenters. The van der Waals surface area contributed by atoms with E-state index in [1.54, 1.807) is 29.5 Å². The molecule has 0 radical (unpaired) electrons. The molecule has 0 bridgehead atoms. The van der Waals surface area contributed by atoms with Crippen molar-refractivity contribution in [2.45, 2.75) is 0 Å². The Bertz CT molecular complexity index is 811. The lowest BCUT2D eigenvalue weighted by Gasteiger charge is -1.99. The summed E-state index contributed by atoms with van der Waals surface area (Å²) in [6.07, 6.45) is 6.72. The largest absolute Gasteiger partial charge is 0.259 e. The zero-order valence-corrected chi connectivity index (χ0v) is 11.1. The number of benzene rings is 1. The monoisotopic (exact) mass is 273 g/mol. The van der Waals surface area contributed by atoms with Crippen LogP contribution in [0.5, 0.6) is 0 Å². The molecule has 0 atom stereocenters. The molecule has 3 aromatic heterocycles. The Morgan fingerprint density at radius 3 is 2.52 bits per heavy atom. The van der Waals surface area contributed by atoms with E-state index in [1.807, 2.05) is 42.5 Å². The minimum Gasteiger partial charge on any atom is -0.259 e. The molecule has 100 valence electrons. The molecule has 0 spiro atoms. The Hall–Kier alpha value is -3.08. The predicted molar refractivity (Wildman–Crippen MR) is 79.9 cm³/mol. The highest BCUT2D eigenvalue weighted by atomic mass is 15.3. The fourth-order valence-corrected chi connectivity index (χ4v) is 2.32. The topological polar surface area (TPSA) is 56.5 Å². The molecule has 0 saturated carbocycles. The van der Waals surface area contributed by atoms with Crippen LogP contribution < -0.4 is 0 Å². The summed E-state index contributed by atoms with van der Waals surface area (Å²) in [5, 5.41) is 5.68. The van der Waals surface area contributed by atoms with Crippen LogP contribution in [-0.2, 0) is 0 Å². The van der Waals surface area contributed by atoms with Gasteiger partial charge in [-0.2, -0.15) is 9.78 Å². The minimum atomic E-state index is 0.656. The van der Waals surface area contributed by atoms with Gasteiger partial charge in [0.15, 0.2) is 11.5 Å². The summed E-state index contributed by atoms with van der Waals surface area (Å²) in [6, 6.07) is 14.0. The van der Waals surface area contributed by atoms with Crippen molar-refractivity contribution < 1.29 is 0 Å². The molecule has 4 aromatic rings. The lowest BCUT2D eigenvalue weighted by molar-refractivity contribution is 0.856. The maximum Gasteiger partial charge on any atom is 0.174 e. The second-order valence-electron chi connectivity index (χ2n) is 4.56. The molecule has 0 aliphatic heterocycles. The molecule has 5 nitrogen and oxygen atoms in total. The van der Waals surface area contributed by atoms with E-state index in [1.165, 1.54) is 0 Å². The Kier molecular flexibility index (Phi) is 2.67. The lowest BCUT2D eigenvalue weighted by atomic mass is 10.1. The van der Waals surface area contributed by atoms with Crippen LogP contribution in [0.25, 0.3) is 28.1 Å². The SMILES string of the molecule is c1ccc(-c2nn(-c3cnccn3)c3ncccc23)cc1. The van der Waals surface area contributed by atoms with Crippen LogP contribution in [0.3, 0.4) is 0 Å². The van der Waals surface area contributed by atoms with Gasteiger partial charge >= 0.3 is 0 Å². The fourth-order valence-electron chi connectivity index (χ4n) is 2.32.